The lowest BCUT2D eigenvalue weighted by atomic mass is 10.1. The van der Waals surface area contributed by atoms with Crippen molar-refractivity contribution in [3.8, 4) is 0 Å². The molecule has 1 atom stereocenters. The molecule has 0 saturated carbocycles. The Morgan fingerprint density at radius 2 is 2.12 bits per heavy atom. The summed E-state index contributed by atoms with van der Waals surface area (Å²) in [6.07, 6.45) is 3.99. The SMILES string of the molecule is CCCCCNCC(C)N1CCSC(C)(C)C1. The maximum absolute atomic E-state index is 3.60. The molecule has 1 N–H and O–H groups in total. The predicted octanol–water partition coefficient (Wildman–Crippen LogP) is 2.98. The lowest BCUT2D eigenvalue weighted by Crippen LogP contribution is -2.50. The van der Waals surface area contributed by atoms with Gasteiger partial charge >= 0.3 is 0 Å². The summed E-state index contributed by atoms with van der Waals surface area (Å²) >= 11 is 2.11. The van der Waals surface area contributed by atoms with Gasteiger partial charge < -0.3 is 5.32 Å². The van der Waals surface area contributed by atoms with Crippen LogP contribution in [-0.2, 0) is 0 Å². The van der Waals surface area contributed by atoms with E-state index in [1.165, 1.54) is 44.6 Å². The monoisotopic (exact) mass is 258 g/mol. The molecule has 17 heavy (non-hydrogen) atoms. The van der Waals surface area contributed by atoms with Gasteiger partial charge in [0.25, 0.3) is 0 Å². The second-order valence-corrected chi connectivity index (χ2v) is 7.64. The molecule has 0 radical (unpaired) electrons. The van der Waals surface area contributed by atoms with Gasteiger partial charge in [0.05, 0.1) is 0 Å². The molecular formula is C14H30N2S. The van der Waals surface area contributed by atoms with E-state index < -0.39 is 0 Å². The van der Waals surface area contributed by atoms with Crippen LogP contribution in [0.15, 0.2) is 0 Å². The highest BCUT2D eigenvalue weighted by atomic mass is 32.2. The number of rotatable bonds is 7. The Hall–Kier alpha value is 0.270. The molecule has 1 heterocycles. The van der Waals surface area contributed by atoms with Crippen LogP contribution in [0.2, 0.25) is 0 Å². The minimum Gasteiger partial charge on any atom is -0.315 e. The topological polar surface area (TPSA) is 15.3 Å². The number of nitrogens with one attached hydrogen (secondary N) is 1. The van der Waals surface area contributed by atoms with Gasteiger partial charge in [-0.25, -0.2) is 0 Å². The van der Waals surface area contributed by atoms with Crippen molar-refractivity contribution >= 4 is 11.8 Å². The van der Waals surface area contributed by atoms with Gasteiger partial charge in [0.1, 0.15) is 0 Å². The Labute approximate surface area is 112 Å². The van der Waals surface area contributed by atoms with Crippen molar-refractivity contribution in [1.29, 1.82) is 0 Å². The van der Waals surface area contributed by atoms with Crippen LogP contribution in [0.4, 0.5) is 0 Å². The Bertz CT molecular complexity index is 206. The number of unbranched alkanes of at least 4 members (excludes halogenated alkanes) is 2. The minimum absolute atomic E-state index is 0.439. The van der Waals surface area contributed by atoms with E-state index >= 15 is 0 Å². The molecule has 1 rings (SSSR count). The molecular weight excluding hydrogens is 228 g/mol. The molecule has 1 aliphatic rings. The van der Waals surface area contributed by atoms with Crippen molar-refractivity contribution in [2.45, 2.75) is 57.7 Å². The van der Waals surface area contributed by atoms with Crippen LogP contribution in [0.25, 0.3) is 0 Å². The van der Waals surface area contributed by atoms with Gasteiger partial charge in [-0.05, 0) is 33.7 Å². The van der Waals surface area contributed by atoms with Crippen molar-refractivity contribution < 1.29 is 0 Å². The second kappa shape index (κ2) is 7.65. The zero-order valence-electron chi connectivity index (χ0n) is 12.1. The largest absolute Gasteiger partial charge is 0.315 e. The third-order valence-corrected chi connectivity index (χ3v) is 4.77. The Morgan fingerprint density at radius 1 is 1.35 bits per heavy atom. The first-order valence-corrected chi connectivity index (χ1v) is 8.12. The highest BCUT2D eigenvalue weighted by molar-refractivity contribution is 8.00. The highest BCUT2D eigenvalue weighted by Crippen LogP contribution is 2.30. The Morgan fingerprint density at radius 3 is 2.76 bits per heavy atom. The smallest absolute Gasteiger partial charge is 0.0231 e. The fourth-order valence-electron chi connectivity index (χ4n) is 2.37. The first-order chi connectivity index (χ1) is 8.05. The average molecular weight is 258 g/mol. The molecule has 1 fully saturated rings. The van der Waals surface area contributed by atoms with Crippen molar-refractivity contribution in [3.63, 3.8) is 0 Å². The first kappa shape index (κ1) is 15.3. The number of nitrogens with zero attached hydrogens (tertiary/aromatic N) is 1. The molecule has 1 aliphatic heterocycles. The summed E-state index contributed by atoms with van der Waals surface area (Å²) in [4.78, 5) is 2.64. The Balaban J connectivity index is 2.16. The second-order valence-electron chi connectivity index (χ2n) is 5.84. The van der Waals surface area contributed by atoms with E-state index in [-0.39, 0.29) is 0 Å². The molecule has 2 nitrogen and oxygen atoms in total. The van der Waals surface area contributed by atoms with E-state index in [4.69, 9.17) is 0 Å². The molecule has 0 aromatic rings. The summed E-state index contributed by atoms with van der Waals surface area (Å²) in [7, 11) is 0. The van der Waals surface area contributed by atoms with Crippen LogP contribution in [0.3, 0.4) is 0 Å². The summed E-state index contributed by atoms with van der Waals surface area (Å²) in [5, 5.41) is 3.60. The summed E-state index contributed by atoms with van der Waals surface area (Å²) < 4.78 is 0.439. The molecule has 1 unspecified atom stereocenters. The van der Waals surface area contributed by atoms with Gasteiger partial charge in [-0.2, -0.15) is 11.8 Å². The van der Waals surface area contributed by atoms with Gasteiger partial charge in [0.15, 0.2) is 0 Å². The highest BCUT2D eigenvalue weighted by Gasteiger charge is 2.29. The standard InChI is InChI=1S/C14H30N2S/c1-5-6-7-8-15-11-13(2)16-9-10-17-14(3,4)12-16/h13,15H,5-12H2,1-4H3. The molecule has 0 bridgehead atoms. The van der Waals surface area contributed by atoms with Crippen LogP contribution in [0, 0.1) is 0 Å². The first-order valence-electron chi connectivity index (χ1n) is 7.14. The van der Waals surface area contributed by atoms with Gasteiger partial charge in [-0.15, -0.1) is 0 Å². The quantitative estimate of drug-likeness (QED) is 0.707. The van der Waals surface area contributed by atoms with E-state index in [0.717, 1.165) is 6.54 Å². The van der Waals surface area contributed by atoms with Crippen LogP contribution < -0.4 is 5.32 Å². The Kier molecular flexibility index (Phi) is 6.90. The summed E-state index contributed by atoms with van der Waals surface area (Å²) in [5.74, 6) is 1.28. The normalized spacial score (nSPS) is 22.6. The molecule has 0 amide bonds. The number of hydrogen-bond acceptors (Lipinski definition) is 3. The third kappa shape index (κ3) is 6.12. The zero-order chi connectivity index (χ0) is 12.7. The molecule has 0 spiro atoms. The van der Waals surface area contributed by atoms with Crippen LogP contribution in [0.1, 0.15) is 47.0 Å². The van der Waals surface area contributed by atoms with E-state index in [9.17, 15) is 0 Å². The van der Waals surface area contributed by atoms with Crippen molar-refractivity contribution in [2.24, 2.45) is 0 Å². The summed E-state index contributed by atoms with van der Waals surface area (Å²) in [6, 6.07) is 0.678. The predicted molar refractivity (Wildman–Crippen MR) is 80.0 cm³/mol. The molecule has 1 saturated heterocycles. The van der Waals surface area contributed by atoms with Crippen molar-refractivity contribution in [1.82, 2.24) is 10.2 Å². The maximum Gasteiger partial charge on any atom is 0.0231 e. The zero-order valence-corrected chi connectivity index (χ0v) is 12.9. The van der Waals surface area contributed by atoms with Crippen LogP contribution in [0.5, 0.6) is 0 Å². The number of thioether (sulfide) groups is 1. The third-order valence-electron chi connectivity index (χ3n) is 3.48. The fraction of sp³-hybridized carbons (Fsp3) is 1.00. The van der Waals surface area contributed by atoms with E-state index in [2.05, 4.69) is 49.7 Å². The number of hydrogen-bond donors (Lipinski definition) is 1. The molecule has 3 heteroatoms. The van der Waals surface area contributed by atoms with Crippen LogP contribution >= 0.6 is 11.8 Å². The van der Waals surface area contributed by atoms with Gasteiger partial charge in [-0.1, -0.05) is 19.8 Å². The maximum atomic E-state index is 3.60. The lowest BCUT2D eigenvalue weighted by molar-refractivity contribution is 0.195. The molecule has 0 aliphatic carbocycles. The van der Waals surface area contributed by atoms with E-state index in [1.807, 2.05) is 0 Å². The average Bonchev–Trinajstić information content (AvgIpc) is 2.27. The van der Waals surface area contributed by atoms with E-state index in [0.29, 0.717) is 10.8 Å². The summed E-state index contributed by atoms with van der Waals surface area (Å²) in [6.45, 7) is 14.2. The van der Waals surface area contributed by atoms with E-state index in [1.54, 1.807) is 0 Å². The van der Waals surface area contributed by atoms with Crippen LogP contribution in [-0.4, -0.2) is 47.6 Å². The van der Waals surface area contributed by atoms with Crippen molar-refractivity contribution in [3.05, 3.63) is 0 Å². The van der Waals surface area contributed by atoms with Gasteiger partial charge in [0, 0.05) is 36.2 Å². The van der Waals surface area contributed by atoms with Crippen molar-refractivity contribution in [2.75, 3.05) is 31.9 Å². The molecule has 102 valence electrons. The van der Waals surface area contributed by atoms with Gasteiger partial charge in [0.2, 0.25) is 0 Å². The molecule has 0 aromatic carbocycles. The summed E-state index contributed by atoms with van der Waals surface area (Å²) in [5.41, 5.74) is 0. The molecule has 0 aromatic heterocycles. The fourth-order valence-corrected chi connectivity index (χ4v) is 3.50. The lowest BCUT2D eigenvalue weighted by Gasteiger charge is -2.40. The van der Waals surface area contributed by atoms with Gasteiger partial charge in [-0.3, -0.25) is 4.90 Å². The minimum atomic E-state index is 0.439.